The molecule has 106 valence electrons. The fraction of sp³-hybridized carbons (Fsp3) is 0.833. The first-order chi connectivity index (χ1) is 8.52. The number of carbonyl (C=O) groups is 2. The van der Waals surface area contributed by atoms with Crippen molar-refractivity contribution in [2.75, 3.05) is 18.6 Å². The Kier molecular flexibility index (Phi) is 8.62. The minimum atomic E-state index is -1.15. The van der Waals surface area contributed by atoms with Crippen LogP contribution in [-0.4, -0.2) is 41.2 Å². The Labute approximate surface area is 113 Å². The van der Waals surface area contributed by atoms with Crippen LogP contribution in [0.25, 0.3) is 0 Å². The third-order valence-electron chi connectivity index (χ3n) is 3.03. The smallest absolute Gasteiger partial charge is 0.329 e. The minimum Gasteiger partial charge on any atom is -0.480 e. The van der Waals surface area contributed by atoms with Crippen LogP contribution in [0.4, 0.5) is 4.79 Å². The second kappa shape index (κ2) is 9.08. The molecule has 0 unspecified atom stereocenters. The van der Waals surface area contributed by atoms with E-state index in [0.29, 0.717) is 19.4 Å². The van der Waals surface area contributed by atoms with Gasteiger partial charge < -0.3 is 15.7 Å². The fourth-order valence-corrected chi connectivity index (χ4v) is 2.11. The predicted molar refractivity (Wildman–Crippen MR) is 75.1 cm³/mol. The van der Waals surface area contributed by atoms with Crippen LogP contribution in [0, 0.1) is 0 Å². The molecule has 0 radical (unpaired) electrons. The average Bonchev–Trinajstić information content (AvgIpc) is 2.35. The lowest BCUT2D eigenvalue weighted by atomic mass is 9.93. The van der Waals surface area contributed by atoms with Gasteiger partial charge in [-0.2, -0.15) is 11.8 Å². The van der Waals surface area contributed by atoms with Crippen molar-refractivity contribution in [2.45, 2.75) is 45.1 Å². The van der Waals surface area contributed by atoms with E-state index in [2.05, 4.69) is 10.6 Å². The van der Waals surface area contributed by atoms with E-state index < -0.39 is 17.5 Å². The highest BCUT2D eigenvalue weighted by Crippen LogP contribution is 2.15. The zero-order chi connectivity index (χ0) is 14.0. The molecule has 0 aromatic carbocycles. The first-order valence-electron chi connectivity index (χ1n) is 6.30. The Bertz CT molecular complexity index is 268. The molecule has 6 heteroatoms. The maximum Gasteiger partial charge on any atom is 0.329 e. The van der Waals surface area contributed by atoms with Crippen molar-refractivity contribution in [3.63, 3.8) is 0 Å². The summed E-state index contributed by atoms with van der Waals surface area (Å²) >= 11 is 1.78. The number of rotatable bonds is 9. The van der Waals surface area contributed by atoms with E-state index in [1.165, 1.54) is 0 Å². The van der Waals surface area contributed by atoms with E-state index in [1.807, 2.05) is 6.26 Å². The van der Waals surface area contributed by atoms with Crippen LogP contribution in [-0.2, 0) is 4.79 Å². The van der Waals surface area contributed by atoms with Crippen molar-refractivity contribution >= 4 is 23.8 Å². The van der Waals surface area contributed by atoms with Gasteiger partial charge in [-0.3, -0.25) is 0 Å². The van der Waals surface area contributed by atoms with Crippen molar-refractivity contribution in [1.82, 2.24) is 10.6 Å². The van der Waals surface area contributed by atoms with Crippen LogP contribution >= 0.6 is 11.8 Å². The van der Waals surface area contributed by atoms with E-state index in [9.17, 15) is 9.59 Å². The molecule has 0 spiro atoms. The summed E-state index contributed by atoms with van der Waals surface area (Å²) in [6.45, 7) is 4.10. The van der Waals surface area contributed by atoms with Gasteiger partial charge in [0.05, 0.1) is 0 Å². The van der Waals surface area contributed by atoms with Crippen LogP contribution < -0.4 is 10.6 Å². The zero-order valence-electron chi connectivity index (χ0n) is 11.4. The Hall–Kier alpha value is -0.910. The molecule has 0 aliphatic carbocycles. The third-order valence-corrected chi connectivity index (χ3v) is 3.73. The molecule has 0 bridgehead atoms. The van der Waals surface area contributed by atoms with Gasteiger partial charge in [-0.1, -0.05) is 13.8 Å². The molecule has 2 amide bonds. The van der Waals surface area contributed by atoms with Crippen LogP contribution in [0.3, 0.4) is 0 Å². The molecule has 0 atom stereocenters. The molecule has 0 saturated carbocycles. The summed E-state index contributed by atoms with van der Waals surface area (Å²) in [5, 5.41) is 14.4. The number of carboxylic acid groups (broad SMARTS) is 1. The lowest BCUT2D eigenvalue weighted by Gasteiger charge is -2.28. The van der Waals surface area contributed by atoms with Crippen molar-refractivity contribution in [3.8, 4) is 0 Å². The molecule has 0 saturated heterocycles. The lowest BCUT2D eigenvalue weighted by molar-refractivity contribution is -0.144. The van der Waals surface area contributed by atoms with Gasteiger partial charge in [-0.25, -0.2) is 9.59 Å². The molecular formula is C12H24N2O3S. The van der Waals surface area contributed by atoms with Crippen LogP contribution in [0.2, 0.25) is 0 Å². The van der Waals surface area contributed by atoms with Crippen molar-refractivity contribution in [2.24, 2.45) is 0 Å². The first kappa shape index (κ1) is 17.1. The summed E-state index contributed by atoms with van der Waals surface area (Å²) in [6, 6.07) is -0.398. The van der Waals surface area contributed by atoms with Crippen LogP contribution in [0.1, 0.15) is 39.5 Å². The summed E-state index contributed by atoms with van der Waals surface area (Å²) in [6.07, 6.45) is 4.75. The molecule has 18 heavy (non-hydrogen) atoms. The van der Waals surface area contributed by atoms with Crippen molar-refractivity contribution in [3.05, 3.63) is 0 Å². The summed E-state index contributed by atoms with van der Waals surface area (Å²) in [5.74, 6) is 0.0942. The highest BCUT2D eigenvalue weighted by Gasteiger charge is 2.36. The minimum absolute atomic E-state index is 0.374. The number of carboxylic acids is 1. The van der Waals surface area contributed by atoms with Gasteiger partial charge in [-0.05, 0) is 37.7 Å². The number of thioether (sulfide) groups is 1. The molecule has 0 aliphatic rings. The summed E-state index contributed by atoms with van der Waals surface area (Å²) in [4.78, 5) is 22.8. The first-order valence-corrected chi connectivity index (χ1v) is 7.70. The number of carbonyl (C=O) groups excluding carboxylic acids is 1. The normalized spacial score (nSPS) is 11.1. The molecule has 0 aromatic heterocycles. The number of hydrogen-bond acceptors (Lipinski definition) is 3. The third kappa shape index (κ3) is 5.62. The zero-order valence-corrected chi connectivity index (χ0v) is 12.2. The molecule has 3 N–H and O–H groups in total. The Morgan fingerprint density at radius 1 is 1.22 bits per heavy atom. The van der Waals surface area contributed by atoms with Gasteiger partial charge in [0.15, 0.2) is 0 Å². The maximum absolute atomic E-state index is 11.6. The van der Waals surface area contributed by atoms with Gasteiger partial charge >= 0.3 is 12.0 Å². The number of aliphatic carboxylic acids is 1. The highest BCUT2D eigenvalue weighted by molar-refractivity contribution is 7.98. The maximum atomic E-state index is 11.6. The van der Waals surface area contributed by atoms with E-state index >= 15 is 0 Å². The highest BCUT2D eigenvalue weighted by atomic mass is 32.2. The number of unbranched alkanes of at least 4 members (excludes halogenated alkanes) is 1. The Morgan fingerprint density at radius 3 is 2.28 bits per heavy atom. The van der Waals surface area contributed by atoms with E-state index in [0.717, 1.165) is 18.6 Å². The molecule has 5 nitrogen and oxygen atoms in total. The van der Waals surface area contributed by atoms with Gasteiger partial charge in [0.25, 0.3) is 0 Å². The number of nitrogens with one attached hydrogen (secondary N) is 2. The number of hydrogen-bond donors (Lipinski definition) is 3. The van der Waals surface area contributed by atoms with Gasteiger partial charge in [0, 0.05) is 6.54 Å². The number of urea groups is 1. The largest absolute Gasteiger partial charge is 0.480 e. The average molecular weight is 276 g/mol. The van der Waals surface area contributed by atoms with E-state index in [4.69, 9.17) is 5.11 Å². The van der Waals surface area contributed by atoms with E-state index in [1.54, 1.807) is 25.6 Å². The molecule has 0 rings (SSSR count). The number of amides is 2. The lowest BCUT2D eigenvalue weighted by Crippen LogP contribution is -2.56. The van der Waals surface area contributed by atoms with Gasteiger partial charge in [0.2, 0.25) is 0 Å². The van der Waals surface area contributed by atoms with Gasteiger partial charge in [0.1, 0.15) is 5.54 Å². The molecule has 0 fully saturated rings. The molecular weight excluding hydrogens is 252 g/mol. The molecule has 0 aliphatic heterocycles. The summed E-state index contributed by atoms with van der Waals surface area (Å²) in [5.41, 5.74) is -1.15. The van der Waals surface area contributed by atoms with Gasteiger partial charge in [-0.15, -0.1) is 0 Å². The SMILES string of the molecule is CCC(CC)(NC(=O)NCCCCSC)C(=O)O. The predicted octanol–water partition coefficient (Wildman–Crippen LogP) is 2.07. The summed E-state index contributed by atoms with van der Waals surface area (Å²) < 4.78 is 0. The van der Waals surface area contributed by atoms with E-state index in [-0.39, 0.29) is 0 Å². The summed E-state index contributed by atoms with van der Waals surface area (Å²) in [7, 11) is 0. The monoisotopic (exact) mass is 276 g/mol. The van der Waals surface area contributed by atoms with Crippen LogP contribution in [0.15, 0.2) is 0 Å². The van der Waals surface area contributed by atoms with Crippen LogP contribution in [0.5, 0.6) is 0 Å². The quantitative estimate of drug-likeness (QED) is 0.563. The Balaban J connectivity index is 4.08. The second-order valence-electron chi connectivity index (χ2n) is 4.18. The molecule has 0 aromatic rings. The fourth-order valence-electron chi connectivity index (χ4n) is 1.62. The van der Waals surface area contributed by atoms with Crippen molar-refractivity contribution in [1.29, 1.82) is 0 Å². The molecule has 0 heterocycles. The standard InChI is InChI=1S/C12H24N2O3S/c1-4-12(5-2,10(15)16)14-11(17)13-8-6-7-9-18-3/h4-9H2,1-3H3,(H,15,16)(H2,13,14,17). The van der Waals surface area contributed by atoms with Crippen molar-refractivity contribution < 1.29 is 14.7 Å². The Morgan fingerprint density at radius 2 is 1.83 bits per heavy atom. The second-order valence-corrected chi connectivity index (χ2v) is 5.16. The topological polar surface area (TPSA) is 78.4 Å².